The summed E-state index contributed by atoms with van der Waals surface area (Å²) < 4.78 is 5.53. The van der Waals surface area contributed by atoms with Crippen LogP contribution in [0.3, 0.4) is 0 Å². The lowest BCUT2D eigenvalue weighted by Crippen LogP contribution is -2.41. The summed E-state index contributed by atoms with van der Waals surface area (Å²) in [5, 5.41) is 7.87. The second-order valence-electron chi connectivity index (χ2n) is 9.14. The number of nitrogens with one attached hydrogen (secondary N) is 1. The van der Waals surface area contributed by atoms with Crippen molar-refractivity contribution in [2.75, 3.05) is 24.5 Å². The molecule has 1 N–H and O–H groups in total. The Morgan fingerprint density at radius 3 is 2.62 bits per heavy atom. The first-order chi connectivity index (χ1) is 14.3. The molecule has 0 atom stereocenters. The number of piperidine rings is 1. The molecule has 2 aliphatic carbocycles. The average Bonchev–Trinajstić information content (AvgIpc) is 3.41. The van der Waals surface area contributed by atoms with Crippen LogP contribution in [0, 0.1) is 12.8 Å². The Labute approximate surface area is 173 Å². The molecular weight excluding hydrogens is 362 g/mol. The number of hydrogen-bond acceptors (Lipinski definition) is 6. The number of hydrogen-bond donors (Lipinski definition) is 1. The summed E-state index contributed by atoms with van der Waals surface area (Å²) in [6.07, 6.45) is 12.8. The third kappa shape index (κ3) is 4.18. The number of pyridine rings is 1. The topological polar surface area (TPSA) is 67.1 Å². The van der Waals surface area contributed by atoms with Gasteiger partial charge in [-0.2, -0.15) is 4.98 Å². The Morgan fingerprint density at radius 1 is 1.03 bits per heavy atom. The Hall–Kier alpha value is -1.95. The minimum absolute atomic E-state index is 0.612. The third-order valence-corrected chi connectivity index (χ3v) is 7.00. The number of nitrogens with zero attached hydrogens (tertiary/aromatic N) is 4. The van der Waals surface area contributed by atoms with Gasteiger partial charge in [-0.3, -0.25) is 0 Å². The Bertz CT molecular complexity index is 834. The SMILES string of the molecule is Cc1noc(-c2cc3c(nc2N2CCC(CNC4CCCCC4)CC2)CCC3)n1. The summed E-state index contributed by atoms with van der Waals surface area (Å²) in [7, 11) is 0. The summed E-state index contributed by atoms with van der Waals surface area (Å²) >= 11 is 0. The van der Waals surface area contributed by atoms with Crippen LogP contribution in [0.25, 0.3) is 11.5 Å². The van der Waals surface area contributed by atoms with Gasteiger partial charge in [-0.05, 0) is 76.0 Å². The van der Waals surface area contributed by atoms with Gasteiger partial charge in [-0.25, -0.2) is 4.98 Å². The molecule has 156 valence electrons. The normalized spacial score (nSPS) is 20.9. The monoisotopic (exact) mass is 395 g/mol. The van der Waals surface area contributed by atoms with Gasteiger partial charge in [-0.1, -0.05) is 24.4 Å². The van der Waals surface area contributed by atoms with Crippen LogP contribution in [0.2, 0.25) is 0 Å². The first kappa shape index (κ1) is 19.0. The van der Waals surface area contributed by atoms with Crippen LogP contribution in [-0.2, 0) is 12.8 Å². The van der Waals surface area contributed by atoms with Crippen LogP contribution in [0.15, 0.2) is 10.6 Å². The standard InChI is InChI=1S/C23H33N5O/c1-16-25-23(29-27-16)20-14-18-6-5-9-21(18)26-22(20)28-12-10-17(11-13-28)15-24-19-7-3-2-4-8-19/h14,17,19,24H,2-13,15H2,1H3. The van der Waals surface area contributed by atoms with Gasteiger partial charge < -0.3 is 14.7 Å². The van der Waals surface area contributed by atoms with Crippen LogP contribution < -0.4 is 10.2 Å². The van der Waals surface area contributed by atoms with Gasteiger partial charge in [0.05, 0.1) is 5.56 Å². The summed E-state index contributed by atoms with van der Waals surface area (Å²) in [5.41, 5.74) is 3.64. The summed E-state index contributed by atoms with van der Waals surface area (Å²) in [6.45, 7) is 5.16. The molecule has 0 spiro atoms. The minimum Gasteiger partial charge on any atom is -0.356 e. The molecule has 0 aromatic carbocycles. The highest BCUT2D eigenvalue weighted by molar-refractivity contribution is 5.71. The molecule has 1 saturated heterocycles. The Morgan fingerprint density at radius 2 is 1.86 bits per heavy atom. The van der Waals surface area contributed by atoms with Gasteiger partial charge in [0.1, 0.15) is 5.82 Å². The molecular formula is C23H33N5O. The van der Waals surface area contributed by atoms with Crippen molar-refractivity contribution in [2.24, 2.45) is 5.92 Å². The van der Waals surface area contributed by atoms with Gasteiger partial charge in [0.25, 0.3) is 5.89 Å². The molecule has 2 aromatic heterocycles. The highest BCUT2D eigenvalue weighted by atomic mass is 16.5. The molecule has 6 nitrogen and oxygen atoms in total. The molecule has 0 bridgehead atoms. The lowest BCUT2D eigenvalue weighted by Gasteiger charge is -2.35. The number of aryl methyl sites for hydroxylation is 3. The second-order valence-corrected chi connectivity index (χ2v) is 9.14. The number of fused-ring (bicyclic) bond motifs is 1. The van der Waals surface area contributed by atoms with Gasteiger partial charge >= 0.3 is 0 Å². The van der Waals surface area contributed by atoms with Crippen molar-refractivity contribution in [3.8, 4) is 11.5 Å². The quantitative estimate of drug-likeness (QED) is 0.823. The van der Waals surface area contributed by atoms with E-state index in [0.717, 1.165) is 49.3 Å². The van der Waals surface area contributed by atoms with Crippen LogP contribution in [0.5, 0.6) is 0 Å². The van der Waals surface area contributed by atoms with Gasteiger partial charge in [0.2, 0.25) is 0 Å². The molecule has 3 heterocycles. The number of anilines is 1. The zero-order valence-corrected chi connectivity index (χ0v) is 17.6. The van der Waals surface area contributed by atoms with Gasteiger partial charge in [-0.15, -0.1) is 0 Å². The highest BCUT2D eigenvalue weighted by Crippen LogP contribution is 2.35. The van der Waals surface area contributed by atoms with E-state index in [1.165, 1.54) is 69.2 Å². The van der Waals surface area contributed by atoms with E-state index in [0.29, 0.717) is 11.7 Å². The Kier molecular flexibility index (Phi) is 5.53. The maximum Gasteiger partial charge on any atom is 0.261 e. The second kappa shape index (κ2) is 8.42. The fourth-order valence-corrected chi connectivity index (χ4v) is 5.25. The zero-order chi connectivity index (χ0) is 19.6. The smallest absolute Gasteiger partial charge is 0.261 e. The van der Waals surface area contributed by atoms with Crippen molar-refractivity contribution in [3.05, 3.63) is 23.1 Å². The van der Waals surface area contributed by atoms with Crippen molar-refractivity contribution in [3.63, 3.8) is 0 Å². The molecule has 1 aliphatic heterocycles. The van der Waals surface area contributed by atoms with E-state index in [-0.39, 0.29) is 0 Å². The summed E-state index contributed by atoms with van der Waals surface area (Å²) in [5.74, 6) is 3.12. The molecule has 0 unspecified atom stereocenters. The van der Waals surface area contributed by atoms with E-state index in [2.05, 4.69) is 26.4 Å². The fraction of sp³-hybridized carbons (Fsp3) is 0.696. The predicted octanol–water partition coefficient (Wildman–Crippen LogP) is 4.07. The lowest BCUT2D eigenvalue weighted by atomic mass is 9.93. The van der Waals surface area contributed by atoms with Gasteiger partial charge in [0, 0.05) is 24.8 Å². The average molecular weight is 396 g/mol. The van der Waals surface area contributed by atoms with Crippen LogP contribution in [0.1, 0.15) is 68.4 Å². The molecule has 2 fully saturated rings. The number of aromatic nitrogens is 3. The van der Waals surface area contributed by atoms with E-state index in [1.54, 1.807) is 0 Å². The van der Waals surface area contributed by atoms with Crippen LogP contribution in [0.4, 0.5) is 5.82 Å². The van der Waals surface area contributed by atoms with E-state index in [9.17, 15) is 0 Å². The lowest BCUT2D eigenvalue weighted by molar-refractivity contribution is 0.319. The molecule has 2 aromatic rings. The van der Waals surface area contributed by atoms with Crippen molar-refractivity contribution in [1.82, 2.24) is 20.4 Å². The summed E-state index contributed by atoms with van der Waals surface area (Å²) in [6, 6.07) is 3.02. The third-order valence-electron chi connectivity index (χ3n) is 7.00. The largest absolute Gasteiger partial charge is 0.356 e. The minimum atomic E-state index is 0.612. The van der Waals surface area contributed by atoms with Crippen molar-refractivity contribution in [1.29, 1.82) is 0 Å². The summed E-state index contributed by atoms with van der Waals surface area (Å²) in [4.78, 5) is 12.0. The van der Waals surface area contributed by atoms with Gasteiger partial charge in [0.15, 0.2) is 5.82 Å². The van der Waals surface area contributed by atoms with Crippen molar-refractivity contribution >= 4 is 5.82 Å². The molecule has 0 radical (unpaired) electrons. The van der Waals surface area contributed by atoms with E-state index >= 15 is 0 Å². The first-order valence-corrected chi connectivity index (χ1v) is 11.6. The molecule has 5 rings (SSSR count). The Balaban J connectivity index is 1.27. The molecule has 0 amide bonds. The first-order valence-electron chi connectivity index (χ1n) is 11.6. The van der Waals surface area contributed by atoms with Crippen molar-refractivity contribution < 1.29 is 4.52 Å². The molecule has 3 aliphatic rings. The van der Waals surface area contributed by atoms with Crippen LogP contribution in [-0.4, -0.2) is 40.8 Å². The van der Waals surface area contributed by atoms with Crippen LogP contribution >= 0.6 is 0 Å². The molecule has 1 saturated carbocycles. The van der Waals surface area contributed by atoms with E-state index < -0.39 is 0 Å². The highest BCUT2D eigenvalue weighted by Gasteiger charge is 2.27. The van der Waals surface area contributed by atoms with Crippen molar-refractivity contribution in [2.45, 2.75) is 77.2 Å². The number of rotatable bonds is 5. The fourth-order valence-electron chi connectivity index (χ4n) is 5.25. The molecule has 6 heteroatoms. The van der Waals surface area contributed by atoms with E-state index in [4.69, 9.17) is 9.51 Å². The maximum absolute atomic E-state index is 5.53. The predicted molar refractivity (Wildman–Crippen MR) is 114 cm³/mol. The zero-order valence-electron chi connectivity index (χ0n) is 17.6. The van der Waals surface area contributed by atoms with E-state index in [1.807, 2.05) is 6.92 Å². The maximum atomic E-state index is 5.53. The molecule has 29 heavy (non-hydrogen) atoms.